The van der Waals surface area contributed by atoms with Crippen LogP contribution in [0.3, 0.4) is 0 Å². The van der Waals surface area contributed by atoms with Gasteiger partial charge in [-0.3, -0.25) is 0 Å². The first-order chi connectivity index (χ1) is 9.63. The number of benzene rings is 2. The number of esters is 1. The predicted molar refractivity (Wildman–Crippen MR) is 82.7 cm³/mol. The quantitative estimate of drug-likeness (QED) is 0.756. The van der Waals surface area contributed by atoms with E-state index in [1.807, 2.05) is 6.07 Å². The van der Waals surface area contributed by atoms with Gasteiger partial charge in [-0.1, -0.05) is 42.4 Å². The lowest BCUT2D eigenvalue weighted by molar-refractivity contribution is 0.0600. The third kappa shape index (κ3) is 3.56. The number of hydrogen-bond donors (Lipinski definition) is 0. The molecule has 2 aromatic carbocycles. The van der Waals surface area contributed by atoms with Gasteiger partial charge < -0.3 is 4.74 Å². The highest BCUT2D eigenvalue weighted by atomic mass is 35.5. The molecule has 0 aromatic heterocycles. The van der Waals surface area contributed by atoms with Gasteiger partial charge in [-0.25, -0.2) is 4.79 Å². The molecule has 20 heavy (non-hydrogen) atoms. The highest BCUT2D eigenvalue weighted by molar-refractivity contribution is 7.99. The van der Waals surface area contributed by atoms with E-state index in [1.165, 1.54) is 12.7 Å². The first kappa shape index (κ1) is 14.9. The minimum Gasteiger partial charge on any atom is -0.465 e. The Hall–Kier alpha value is -1.45. The van der Waals surface area contributed by atoms with E-state index in [0.717, 1.165) is 16.2 Å². The molecule has 2 aromatic rings. The lowest BCUT2D eigenvalue weighted by Gasteiger charge is -2.06. The molecule has 2 nitrogen and oxygen atoms in total. The van der Waals surface area contributed by atoms with E-state index in [2.05, 4.69) is 31.2 Å². The van der Waals surface area contributed by atoms with Crippen LogP contribution >= 0.6 is 23.4 Å². The topological polar surface area (TPSA) is 26.3 Å². The Morgan fingerprint density at radius 1 is 1.15 bits per heavy atom. The summed E-state index contributed by atoms with van der Waals surface area (Å²) < 4.78 is 4.72. The number of carbonyl (C=O) groups is 1. The van der Waals surface area contributed by atoms with Crippen molar-refractivity contribution in [1.29, 1.82) is 0 Å². The van der Waals surface area contributed by atoms with Crippen molar-refractivity contribution in [3.63, 3.8) is 0 Å². The minimum atomic E-state index is -0.418. The summed E-state index contributed by atoms with van der Waals surface area (Å²) in [5.41, 5.74) is 1.70. The molecule has 0 saturated carbocycles. The number of ether oxygens (including phenoxy) is 1. The molecule has 0 spiro atoms. The van der Waals surface area contributed by atoms with Crippen LogP contribution in [0.15, 0.2) is 52.3 Å². The lowest BCUT2D eigenvalue weighted by Crippen LogP contribution is -2.02. The zero-order chi connectivity index (χ0) is 14.5. The molecular formula is C16H15ClO2S. The number of carbonyl (C=O) groups excluding carboxylic acids is 1. The second-order valence-electron chi connectivity index (χ2n) is 4.23. The Morgan fingerprint density at radius 2 is 1.80 bits per heavy atom. The van der Waals surface area contributed by atoms with E-state index in [1.54, 1.807) is 23.9 Å². The fourth-order valence-electron chi connectivity index (χ4n) is 1.76. The van der Waals surface area contributed by atoms with Crippen LogP contribution in [0.2, 0.25) is 5.02 Å². The van der Waals surface area contributed by atoms with E-state index in [0.29, 0.717) is 10.6 Å². The van der Waals surface area contributed by atoms with Crippen LogP contribution in [0.1, 0.15) is 22.8 Å². The Morgan fingerprint density at radius 3 is 2.40 bits per heavy atom. The maximum absolute atomic E-state index is 11.6. The van der Waals surface area contributed by atoms with E-state index in [-0.39, 0.29) is 0 Å². The van der Waals surface area contributed by atoms with Gasteiger partial charge in [0.1, 0.15) is 0 Å². The average molecular weight is 307 g/mol. The fraction of sp³-hybridized carbons (Fsp3) is 0.188. The fourth-order valence-corrected chi connectivity index (χ4v) is 2.82. The van der Waals surface area contributed by atoms with Gasteiger partial charge in [0, 0.05) is 9.79 Å². The summed E-state index contributed by atoms with van der Waals surface area (Å²) in [5, 5.41) is 0.405. The van der Waals surface area contributed by atoms with Gasteiger partial charge in [0.05, 0.1) is 17.7 Å². The van der Waals surface area contributed by atoms with Gasteiger partial charge in [0.2, 0.25) is 0 Å². The largest absolute Gasteiger partial charge is 0.465 e. The molecule has 0 fully saturated rings. The number of aryl methyl sites for hydroxylation is 1. The summed E-state index contributed by atoms with van der Waals surface area (Å²) in [6.45, 7) is 2.13. The minimum absolute atomic E-state index is 0.393. The first-order valence-corrected chi connectivity index (χ1v) is 7.48. The molecular weight excluding hydrogens is 292 g/mol. The van der Waals surface area contributed by atoms with Crippen LogP contribution in [0.25, 0.3) is 0 Å². The smallest absolute Gasteiger partial charge is 0.339 e. The first-order valence-electron chi connectivity index (χ1n) is 6.28. The van der Waals surface area contributed by atoms with Gasteiger partial charge >= 0.3 is 5.97 Å². The van der Waals surface area contributed by atoms with Crippen molar-refractivity contribution in [3.05, 3.63) is 58.6 Å². The van der Waals surface area contributed by atoms with E-state index < -0.39 is 5.97 Å². The molecule has 0 saturated heterocycles. The Bertz CT molecular complexity index is 608. The number of halogens is 1. The monoisotopic (exact) mass is 306 g/mol. The van der Waals surface area contributed by atoms with Gasteiger partial charge in [0.25, 0.3) is 0 Å². The van der Waals surface area contributed by atoms with Crippen molar-refractivity contribution < 1.29 is 9.53 Å². The zero-order valence-electron chi connectivity index (χ0n) is 11.4. The van der Waals surface area contributed by atoms with Crippen molar-refractivity contribution >= 4 is 29.3 Å². The molecule has 0 unspecified atom stereocenters. The maximum atomic E-state index is 11.6. The summed E-state index contributed by atoms with van der Waals surface area (Å²) in [7, 11) is 1.35. The molecule has 2 rings (SSSR count). The van der Waals surface area contributed by atoms with Crippen molar-refractivity contribution in [2.45, 2.75) is 23.1 Å². The van der Waals surface area contributed by atoms with Gasteiger partial charge in [-0.05, 0) is 42.3 Å². The van der Waals surface area contributed by atoms with Crippen LogP contribution in [-0.2, 0) is 11.2 Å². The van der Waals surface area contributed by atoms with Gasteiger partial charge in [-0.2, -0.15) is 0 Å². The molecule has 0 atom stereocenters. The van der Waals surface area contributed by atoms with Crippen LogP contribution < -0.4 is 0 Å². The third-order valence-corrected chi connectivity index (χ3v) is 4.24. The third-order valence-electron chi connectivity index (χ3n) is 2.91. The number of hydrogen-bond acceptors (Lipinski definition) is 3. The second-order valence-corrected chi connectivity index (χ2v) is 5.79. The van der Waals surface area contributed by atoms with Crippen LogP contribution in [0.4, 0.5) is 0 Å². The lowest BCUT2D eigenvalue weighted by atomic mass is 10.2. The molecule has 0 aliphatic rings. The molecule has 104 valence electrons. The van der Waals surface area contributed by atoms with Crippen LogP contribution in [0, 0.1) is 0 Å². The molecule has 0 radical (unpaired) electrons. The van der Waals surface area contributed by atoms with Crippen molar-refractivity contribution in [1.82, 2.24) is 0 Å². The van der Waals surface area contributed by atoms with Crippen LogP contribution in [-0.4, -0.2) is 13.1 Å². The van der Waals surface area contributed by atoms with Gasteiger partial charge in [-0.15, -0.1) is 0 Å². The molecule has 0 N–H and O–H groups in total. The normalized spacial score (nSPS) is 10.3. The molecule has 0 aliphatic carbocycles. The molecule has 0 aliphatic heterocycles. The number of rotatable bonds is 4. The summed E-state index contributed by atoms with van der Waals surface area (Å²) >= 11 is 7.59. The average Bonchev–Trinajstić information content (AvgIpc) is 2.49. The Labute approximate surface area is 128 Å². The van der Waals surface area contributed by atoms with Crippen molar-refractivity contribution in [2.75, 3.05) is 7.11 Å². The summed E-state index contributed by atoms with van der Waals surface area (Å²) in [4.78, 5) is 13.7. The highest BCUT2D eigenvalue weighted by Gasteiger charge is 2.11. The number of methoxy groups -OCH3 is 1. The summed E-state index contributed by atoms with van der Waals surface area (Å²) in [6.07, 6.45) is 1.03. The van der Waals surface area contributed by atoms with E-state index in [4.69, 9.17) is 16.3 Å². The predicted octanol–water partition coefficient (Wildman–Crippen LogP) is 4.84. The van der Waals surface area contributed by atoms with Crippen LogP contribution in [0.5, 0.6) is 0 Å². The van der Waals surface area contributed by atoms with E-state index in [9.17, 15) is 4.79 Å². The summed E-state index contributed by atoms with van der Waals surface area (Å²) in [6, 6.07) is 13.8. The SMILES string of the molecule is CCc1ccc(Sc2ccc(Cl)c(C(=O)OC)c2)cc1. The highest BCUT2D eigenvalue weighted by Crippen LogP contribution is 2.31. The molecule has 0 amide bonds. The molecule has 0 heterocycles. The standard InChI is InChI=1S/C16H15ClO2S/c1-3-11-4-6-12(7-5-11)20-13-8-9-15(17)14(10-13)16(18)19-2/h4-10H,3H2,1-2H3. The van der Waals surface area contributed by atoms with Gasteiger partial charge in [0.15, 0.2) is 0 Å². The summed E-state index contributed by atoms with van der Waals surface area (Å²) in [5.74, 6) is -0.418. The zero-order valence-corrected chi connectivity index (χ0v) is 12.9. The van der Waals surface area contributed by atoms with Crippen molar-refractivity contribution in [3.8, 4) is 0 Å². The molecule has 0 bridgehead atoms. The molecule has 4 heteroatoms. The Balaban J connectivity index is 2.22. The Kier molecular flexibility index (Phi) is 5.10. The maximum Gasteiger partial charge on any atom is 0.339 e. The second kappa shape index (κ2) is 6.82. The van der Waals surface area contributed by atoms with E-state index >= 15 is 0 Å². The van der Waals surface area contributed by atoms with Crippen molar-refractivity contribution in [2.24, 2.45) is 0 Å².